The molecule has 2 heterocycles. The minimum Gasteiger partial charge on any atom is -0.340 e. The molecule has 4 rings (SSSR count). The number of anilines is 3. The summed E-state index contributed by atoms with van der Waals surface area (Å²) < 4.78 is 13.2. The molecular weight excluding hydrogens is 353 g/mol. The van der Waals surface area contributed by atoms with Gasteiger partial charge in [-0.25, -0.2) is 4.39 Å². The second-order valence-corrected chi connectivity index (χ2v) is 6.45. The normalized spacial score (nSPS) is 12.8. The van der Waals surface area contributed by atoms with E-state index in [0.717, 1.165) is 24.3 Å². The van der Waals surface area contributed by atoms with E-state index in [9.17, 15) is 9.18 Å². The first-order valence-corrected chi connectivity index (χ1v) is 8.56. The number of nitrogens with one attached hydrogen (secondary N) is 1. The molecule has 3 aromatic rings. The number of aromatic nitrogens is 1. The van der Waals surface area contributed by atoms with E-state index in [0.29, 0.717) is 11.3 Å². The fourth-order valence-electron chi connectivity index (χ4n) is 3.08. The van der Waals surface area contributed by atoms with Gasteiger partial charge < -0.3 is 10.2 Å². The van der Waals surface area contributed by atoms with Gasteiger partial charge >= 0.3 is 0 Å². The van der Waals surface area contributed by atoms with Crippen LogP contribution in [0.25, 0.3) is 0 Å². The van der Waals surface area contributed by atoms with E-state index < -0.39 is 5.82 Å². The van der Waals surface area contributed by atoms with Crippen LogP contribution in [-0.4, -0.2) is 17.4 Å². The number of benzene rings is 2. The summed E-state index contributed by atoms with van der Waals surface area (Å²) in [7, 11) is 0. The van der Waals surface area contributed by atoms with Crippen LogP contribution in [0.2, 0.25) is 5.02 Å². The van der Waals surface area contributed by atoms with Gasteiger partial charge in [-0.1, -0.05) is 29.8 Å². The molecule has 6 heteroatoms. The van der Waals surface area contributed by atoms with Crippen LogP contribution >= 0.6 is 11.6 Å². The molecular formula is C20H15ClFN3O. The third-order valence-electron chi connectivity index (χ3n) is 4.36. The first-order valence-electron chi connectivity index (χ1n) is 8.19. The van der Waals surface area contributed by atoms with E-state index in [1.54, 1.807) is 12.3 Å². The monoisotopic (exact) mass is 367 g/mol. The minimum absolute atomic E-state index is 0.0386. The molecule has 1 N–H and O–H groups in total. The van der Waals surface area contributed by atoms with Crippen LogP contribution in [0.3, 0.4) is 0 Å². The van der Waals surface area contributed by atoms with E-state index in [-0.39, 0.29) is 10.9 Å². The number of para-hydroxylation sites is 1. The van der Waals surface area contributed by atoms with Crippen LogP contribution in [0, 0.1) is 5.82 Å². The quantitative estimate of drug-likeness (QED) is 0.721. The summed E-state index contributed by atoms with van der Waals surface area (Å²) in [5, 5.41) is 2.68. The molecule has 4 nitrogen and oxygen atoms in total. The fourth-order valence-corrected chi connectivity index (χ4v) is 3.26. The molecule has 0 spiro atoms. The summed E-state index contributed by atoms with van der Waals surface area (Å²) >= 11 is 5.76. The zero-order valence-electron chi connectivity index (χ0n) is 13.7. The van der Waals surface area contributed by atoms with Crippen molar-refractivity contribution < 1.29 is 9.18 Å². The molecule has 1 amide bonds. The molecule has 0 aliphatic carbocycles. The van der Waals surface area contributed by atoms with Crippen molar-refractivity contribution >= 4 is 34.6 Å². The molecule has 0 atom stereocenters. The third-order valence-corrected chi connectivity index (χ3v) is 4.65. The summed E-state index contributed by atoms with van der Waals surface area (Å²) in [6.07, 6.45) is 4.21. The molecule has 0 saturated heterocycles. The molecule has 26 heavy (non-hydrogen) atoms. The Morgan fingerprint density at radius 2 is 2.00 bits per heavy atom. The van der Waals surface area contributed by atoms with Gasteiger partial charge in [-0.3, -0.25) is 9.78 Å². The Balaban J connectivity index is 1.58. The van der Waals surface area contributed by atoms with Crippen molar-refractivity contribution in [3.05, 3.63) is 82.9 Å². The fraction of sp³-hybridized carbons (Fsp3) is 0.100. The van der Waals surface area contributed by atoms with Gasteiger partial charge in [0.25, 0.3) is 5.91 Å². The highest BCUT2D eigenvalue weighted by molar-refractivity contribution is 6.31. The van der Waals surface area contributed by atoms with Crippen molar-refractivity contribution in [2.45, 2.75) is 6.42 Å². The van der Waals surface area contributed by atoms with Gasteiger partial charge in [0, 0.05) is 24.1 Å². The van der Waals surface area contributed by atoms with Gasteiger partial charge in [-0.15, -0.1) is 0 Å². The van der Waals surface area contributed by atoms with Gasteiger partial charge in [-0.05, 0) is 42.3 Å². The van der Waals surface area contributed by atoms with Crippen LogP contribution in [0.5, 0.6) is 0 Å². The molecule has 1 aromatic heterocycles. The van der Waals surface area contributed by atoms with Crippen molar-refractivity contribution in [2.75, 3.05) is 16.8 Å². The Labute approximate surface area is 155 Å². The number of carbonyl (C=O) groups is 1. The number of pyridine rings is 1. The van der Waals surface area contributed by atoms with E-state index in [4.69, 9.17) is 11.6 Å². The van der Waals surface area contributed by atoms with Crippen molar-refractivity contribution in [2.24, 2.45) is 0 Å². The zero-order chi connectivity index (χ0) is 18.1. The topological polar surface area (TPSA) is 45.2 Å². The van der Waals surface area contributed by atoms with Crippen molar-refractivity contribution in [1.29, 1.82) is 0 Å². The van der Waals surface area contributed by atoms with E-state index in [1.807, 2.05) is 12.1 Å². The Bertz CT molecular complexity index is 992. The second kappa shape index (κ2) is 6.77. The van der Waals surface area contributed by atoms with E-state index in [2.05, 4.69) is 27.3 Å². The Morgan fingerprint density at radius 3 is 2.85 bits per heavy atom. The smallest absolute Gasteiger partial charge is 0.257 e. The van der Waals surface area contributed by atoms with Crippen LogP contribution < -0.4 is 10.2 Å². The molecule has 0 radical (unpaired) electrons. The maximum atomic E-state index is 13.2. The lowest BCUT2D eigenvalue weighted by molar-refractivity contribution is 0.102. The summed E-state index contributed by atoms with van der Waals surface area (Å²) in [6.45, 7) is 0.847. The highest BCUT2D eigenvalue weighted by Crippen LogP contribution is 2.34. The van der Waals surface area contributed by atoms with Crippen molar-refractivity contribution in [3.63, 3.8) is 0 Å². The number of amides is 1. The number of hydrogen-bond donors (Lipinski definition) is 1. The lowest BCUT2D eigenvalue weighted by Crippen LogP contribution is -2.16. The predicted molar refractivity (Wildman–Crippen MR) is 101 cm³/mol. The molecule has 0 fully saturated rings. The zero-order valence-corrected chi connectivity index (χ0v) is 14.5. The summed E-state index contributed by atoms with van der Waals surface area (Å²) in [5.41, 5.74) is 4.13. The first-order chi connectivity index (χ1) is 12.6. The van der Waals surface area contributed by atoms with Crippen LogP contribution in [0.15, 0.2) is 60.9 Å². The number of hydrogen-bond acceptors (Lipinski definition) is 3. The largest absolute Gasteiger partial charge is 0.340 e. The van der Waals surface area contributed by atoms with Gasteiger partial charge in [0.1, 0.15) is 5.82 Å². The van der Waals surface area contributed by atoms with Crippen molar-refractivity contribution in [1.82, 2.24) is 4.98 Å². The molecule has 0 saturated carbocycles. The first kappa shape index (κ1) is 16.5. The average Bonchev–Trinajstić information content (AvgIpc) is 3.09. The van der Waals surface area contributed by atoms with Gasteiger partial charge in [0.2, 0.25) is 0 Å². The minimum atomic E-state index is -0.527. The average molecular weight is 368 g/mol. The Hall–Kier alpha value is -2.92. The number of fused-ring (bicyclic) bond motifs is 1. The molecule has 0 bridgehead atoms. The maximum absolute atomic E-state index is 13.2. The van der Waals surface area contributed by atoms with Crippen LogP contribution in [-0.2, 0) is 6.42 Å². The summed E-state index contributed by atoms with van der Waals surface area (Å²) in [5.74, 6) is -0.851. The third kappa shape index (κ3) is 3.13. The summed E-state index contributed by atoms with van der Waals surface area (Å²) in [6, 6.07) is 14.1. The van der Waals surface area contributed by atoms with Gasteiger partial charge in [-0.2, -0.15) is 0 Å². The number of rotatable bonds is 3. The van der Waals surface area contributed by atoms with E-state index >= 15 is 0 Å². The second-order valence-electron chi connectivity index (χ2n) is 6.05. The SMILES string of the molecule is O=C(Nc1ccc(F)c(Cl)c1)c1cncc(N2CCc3ccccc32)c1. The Kier molecular flexibility index (Phi) is 4.31. The predicted octanol–water partition coefficient (Wildman–Crippen LogP) is 4.82. The number of nitrogens with zero attached hydrogens (tertiary/aromatic N) is 2. The van der Waals surface area contributed by atoms with Gasteiger partial charge in [0.05, 0.1) is 22.5 Å². The van der Waals surface area contributed by atoms with E-state index in [1.165, 1.54) is 30.0 Å². The maximum Gasteiger partial charge on any atom is 0.257 e. The standard InChI is InChI=1S/C20H15ClFN3O/c21-17-10-15(5-6-18(17)22)24-20(26)14-9-16(12-23-11-14)25-8-7-13-3-1-2-4-19(13)25/h1-6,9-12H,7-8H2,(H,24,26). The van der Waals surface area contributed by atoms with Crippen LogP contribution in [0.4, 0.5) is 21.5 Å². The molecule has 0 unspecified atom stereocenters. The highest BCUT2D eigenvalue weighted by atomic mass is 35.5. The molecule has 130 valence electrons. The van der Waals surface area contributed by atoms with Crippen LogP contribution in [0.1, 0.15) is 15.9 Å². The number of halogens is 2. The Morgan fingerprint density at radius 1 is 1.15 bits per heavy atom. The summed E-state index contributed by atoms with van der Waals surface area (Å²) in [4.78, 5) is 18.9. The molecule has 1 aliphatic rings. The lowest BCUT2D eigenvalue weighted by Gasteiger charge is -2.19. The van der Waals surface area contributed by atoms with Gasteiger partial charge in [0.15, 0.2) is 0 Å². The molecule has 2 aromatic carbocycles. The van der Waals surface area contributed by atoms with Crippen molar-refractivity contribution in [3.8, 4) is 0 Å². The lowest BCUT2D eigenvalue weighted by atomic mass is 10.2. The highest BCUT2D eigenvalue weighted by Gasteiger charge is 2.21. The number of carbonyl (C=O) groups excluding carboxylic acids is 1. The molecule has 1 aliphatic heterocycles.